The van der Waals surface area contributed by atoms with Crippen LogP contribution in [0.25, 0.3) is 0 Å². The van der Waals surface area contributed by atoms with E-state index in [4.69, 9.17) is 29.0 Å². The van der Waals surface area contributed by atoms with Crippen LogP contribution in [0.4, 0.5) is 22.4 Å². The van der Waals surface area contributed by atoms with Gasteiger partial charge in [-0.3, -0.25) is 9.13 Å². The Bertz CT molecular complexity index is 1900. The molecule has 3 aromatic rings. The fourth-order valence-corrected chi connectivity index (χ4v) is 13.1. The molecule has 0 heterocycles. The van der Waals surface area contributed by atoms with E-state index in [9.17, 15) is 31.5 Å². The lowest BCUT2D eigenvalue weighted by atomic mass is 10.2. The lowest BCUT2D eigenvalue weighted by Gasteiger charge is -2.29. The van der Waals surface area contributed by atoms with Gasteiger partial charge in [0.25, 0.3) is 0 Å². The Kier molecular flexibility index (Phi) is 17.5. The number of nitrogens with one attached hydrogen (secondary N) is 1. The van der Waals surface area contributed by atoms with Crippen molar-refractivity contribution in [3.63, 3.8) is 0 Å². The van der Waals surface area contributed by atoms with Gasteiger partial charge in [0.1, 0.15) is 35.2 Å². The van der Waals surface area contributed by atoms with Crippen LogP contribution in [0.15, 0.2) is 92.0 Å². The van der Waals surface area contributed by atoms with E-state index in [1.165, 1.54) is 12.1 Å². The maximum Gasteiger partial charge on any atom is 0.408 e. The summed E-state index contributed by atoms with van der Waals surface area (Å²) in [6, 6.07) is 16.1. The first-order valence-electron chi connectivity index (χ1n) is 19.2. The molecule has 0 saturated heterocycles. The van der Waals surface area contributed by atoms with Crippen molar-refractivity contribution in [3.8, 4) is 0 Å². The molecule has 16 heteroatoms. The molecule has 6 atom stereocenters. The molecule has 2 saturated carbocycles. The molecule has 0 bridgehead atoms. The van der Waals surface area contributed by atoms with Crippen molar-refractivity contribution in [2.45, 2.75) is 69.0 Å². The SMILES string of the molecule is C=CCOCC[C@@H]1C[C@]1(N)P(=O)(Cc1c(F)cccc1F)OCC.C=CCOCC[C@@H]1C[C@]1(NC(=O)OCc1ccccc1)P(=O)(Cc1c(F)cccc1F)OCC. The standard InChI is InChI=1S/C25H30F2NO5P.C17H24F2NO3P/c1-3-14-31-15-13-20-16-25(20,28-24(29)32-17-19-9-6-5-7-10-19)34(30,33-4-2)18-21-22(26)11-8-12-23(21)27;1-3-9-22-10-8-13-11-17(13,20)24(21,23-4-2)12-14-15(18)6-5-7-16(14)19/h3,5-12,20H,1,4,13-18H2,2H3,(H,28,29);3,5-7,13H,1,4,8-12,20H2,2H3/t20-,25+,34?;13-,17+,24?/m11/s1. The van der Waals surface area contributed by atoms with Crippen molar-refractivity contribution in [1.29, 1.82) is 0 Å². The van der Waals surface area contributed by atoms with E-state index in [1.54, 1.807) is 26.0 Å². The number of benzene rings is 3. The molecule has 0 spiro atoms. The summed E-state index contributed by atoms with van der Waals surface area (Å²) < 4.78 is 112. The molecule has 2 fully saturated rings. The Hall–Kier alpha value is -3.61. The van der Waals surface area contributed by atoms with E-state index in [2.05, 4.69) is 18.5 Å². The van der Waals surface area contributed by atoms with Gasteiger partial charge in [0.15, 0.2) is 0 Å². The Morgan fingerprint density at radius 3 is 1.74 bits per heavy atom. The van der Waals surface area contributed by atoms with Crippen LogP contribution < -0.4 is 11.1 Å². The number of hydrogen-bond donors (Lipinski definition) is 2. The molecule has 0 radical (unpaired) electrons. The Morgan fingerprint density at radius 1 is 0.759 bits per heavy atom. The molecular formula is C42H54F4N2O8P2. The van der Waals surface area contributed by atoms with E-state index in [1.807, 2.05) is 30.3 Å². The summed E-state index contributed by atoms with van der Waals surface area (Å²) in [6.07, 6.45) is 3.59. The monoisotopic (exact) mass is 852 g/mol. The van der Waals surface area contributed by atoms with Gasteiger partial charge >= 0.3 is 6.09 Å². The van der Waals surface area contributed by atoms with Crippen molar-refractivity contribution in [1.82, 2.24) is 5.32 Å². The number of rotatable bonds is 23. The number of nitrogens with two attached hydrogens (primary N) is 1. The summed E-state index contributed by atoms with van der Waals surface area (Å²) in [5, 5.41) is 0.394. The minimum Gasteiger partial charge on any atom is -0.445 e. The van der Waals surface area contributed by atoms with Gasteiger partial charge in [0.05, 0.1) is 44.0 Å². The zero-order valence-electron chi connectivity index (χ0n) is 33.0. The number of carbonyl (C=O) groups excluding carboxylic acids is 1. The predicted molar refractivity (Wildman–Crippen MR) is 215 cm³/mol. The van der Waals surface area contributed by atoms with Gasteiger partial charge < -0.3 is 34.3 Å². The molecule has 2 aliphatic carbocycles. The van der Waals surface area contributed by atoms with Gasteiger partial charge in [-0.1, -0.05) is 54.6 Å². The van der Waals surface area contributed by atoms with Crippen LogP contribution in [-0.2, 0) is 51.3 Å². The highest BCUT2D eigenvalue weighted by Gasteiger charge is 2.67. The van der Waals surface area contributed by atoms with E-state index >= 15 is 0 Å². The third-order valence-electron chi connectivity index (χ3n) is 10.2. The minimum absolute atomic E-state index is 0.0245. The molecule has 2 aliphatic rings. The Labute approximate surface area is 338 Å². The van der Waals surface area contributed by atoms with Gasteiger partial charge in [-0.25, -0.2) is 22.4 Å². The van der Waals surface area contributed by atoms with Crippen LogP contribution in [0.3, 0.4) is 0 Å². The molecule has 5 rings (SSSR count). The molecule has 10 nitrogen and oxygen atoms in total. The van der Waals surface area contributed by atoms with E-state index < -0.39 is 60.8 Å². The number of ether oxygens (including phenoxy) is 3. The number of halogens is 4. The average molecular weight is 853 g/mol. The van der Waals surface area contributed by atoms with Crippen molar-refractivity contribution < 1.29 is 54.7 Å². The second-order valence-electron chi connectivity index (χ2n) is 14.1. The van der Waals surface area contributed by atoms with Gasteiger partial charge in [-0.05, 0) is 81.2 Å². The van der Waals surface area contributed by atoms with Crippen LogP contribution >= 0.6 is 14.7 Å². The van der Waals surface area contributed by atoms with Gasteiger partial charge in [0.2, 0.25) is 14.7 Å². The maximum absolute atomic E-state index is 14.4. The summed E-state index contributed by atoms with van der Waals surface area (Å²) >= 11 is 0. The average Bonchev–Trinajstić information content (AvgIpc) is 4.10. The number of carbonyl (C=O) groups is 1. The first-order chi connectivity index (χ1) is 27.7. The zero-order chi connectivity index (χ0) is 42.4. The molecule has 318 valence electrons. The smallest absolute Gasteiger partial charge is 0.408 e. The molecule has 58 heavy (non-hydrogen) atoms. The summed E-state index contributed by atoms with van der Waals surface area (Å²) in [5.74, 6) is -3.40. The van der Waals surface area contributed by atoms with Crippen LogP contribution in [0.2, 0.25) is 0 Å². The lowest BCUT2D eigenvalue weighted by Crippen LogP contribution is -2.40. The molecule has 0 aliphatic heterocycles. The summed E-state index contributed by atoms with van der Waals surface area (Å²) in [4.78, 5) is 12.7. The topological polar surface area (TPSA) is 135 Å². The number of alkyl carbamates (subject to hydrolysis) is 1. The van der Waals surface area contributed by atoms with Crippen molar-refractivity contribution in [2.75, 3.05) is 39.6 Å². The van der Waals surface area contributed by atoms with Crippen molar-refractivity contribution in [3.05, 3.63) is 132 Å². The summed E-state index contributed by atoms with van der Waals surface area (Å²) in [7, 11) is -7.27. The zero-order valence-corrected chi connectivity index (χ0v) is 34.8. The van der Waals surface area contributed by atoms with E-state index in [-0.39, 0.29) is 48.9 Å². The second-order valence-corrected chi connectivity index (χ2v) is 19.6. The first-order valence-corrected chi connectivity index (χ1v) is 22.8. The highest BCUT2D eigenvalue weighted by Crippen LogP contribution is 2.74. The third-order valence-corrected chi connectivity index (χ3v) is 16.7. The fourth-order valence-electron chi connectivity index (χ4n) is 6.95. The van der Waals surface area contributed by atoms with Gasteiger partial charge in [-0.2, -0.15) is 0 Å². The quantitative estimate of drug-likeness (QED) is 0.0414. The van der Waals surface area contributed by atoms with Gasteiger partial charge in [0, 0.05) is 24.3 Å². The van der Waals surface area contributed by atoms with E-state index in [0.29, 0.717) is 52.1 Å². The highest BCUT2D eigenvalue weighted by molar-refractivity contribution is 7.60. The van der Waals surface area contributed by atoms with Crippen molar-refractivity contribution in [2.24, 2.45) is 17.6 Å². The molecule has 0 aromatic heterocycles. The van der Waals surface area contributed by atoms with Crippen LogP contribution in [0, 0.1) is 35.1 Å². The largest absolute Gasteiger partial charge is 0.445 e. The Balaban J connectivity index is 0.000000273. The Morgan fingerprint density at radius 2 is 1.24 bits per heavy atom. The van der Waals surface area contributed by atoms with E-state index in [0.717, 1.165) is 29.8 Å². The molecule has 3 N–H and O–H groups in total. The molecule has 2 unspecified atom stereocenters. The minimum atomic E-state index is -3.82. The number of amides is 1. The second kappa shape index (κ2) is 21.6. The first kappa shape index (κ1) is 47.1. The fraction of sp³-hybridized carbons (Fsp3) is 0.452. The van der Waals surface area contributed by atoms with Crippen molar-refractivity contribution >= 4 is 20.8 Å². The molecule has 1 amide bonds. The lowest BCUT2D eigenvalue weighted by molar-refractivity contribution is 0.133. The summed E-state index contributed by atoms with van der Waals surface area (Å²) in [6.45, 7) is 12.4. The molecular weight excluding hydrogens is 798 g/mol. The maximum atomic E-state index is 14.4. The van der Waals surface area contributed by atoms with Gasteiger partial charge in [-0.15, -0.1) is 13.2 Å². The van der Waals surface area contributed by atoms with Crippen LogP contribution in [0.5, 0.6) is 0 Å². The summed E-state index contributed by atoms with van der Waals surface area (Å²) in [5.41, 5.74) is 6.54. The third kappa shape index (κ3) is 11.8. The highest BCUT2D eigenvalue weighted by atomic mass is 31.2. The van der Waals surface area contributed by atoms with Crippen LogP contribution in [0.1, 0.15) is 56.2 Å². The predicted octanol–water partition coefficient (Wildman–Crippen LogP) is 10.1. The normalized spacial score (nSPS) is 22.7. The van der Waals surface area contributed by atoms with Crippen LogP contribution in [-0.4, -0.2) is 56.3 Å². The molecule has 3 aromatic carbocycles. The number of hydrogen-bond acceptors (Lipinski definition) is 9.